The van der Waals surface area contributed by atoms with E-state index < -0.39 is 0 Å². The maximum absolute atomic E-state index is 5.49. The lowest BCUT2D eigenvalue weighted by Crippen LogP contribution is -1.95. The van der Waals surface area contributed by atoms with Crippen molar-refractivity contribution < 1.29 is 0 Å². The summed E-state index contributed by atoms with van der Waals surface area (Å²) in [6.07, 6.45) is 3.52. The van der Waals surface area contributed by atoms with Crippen LogP contribution < -0.4 is 5.73 Å². The zero-order chi connectivity index (χ0) is 9.26. The van der Waals surface area contributed by atoms with Crippen molar-refractivity contribution in [3.8, 4) is 0 Å². The number of nitrogens with two attached hydrogens (primary N) is 1. The van der Waals surface area contributed by atoms with Gasteiger partial charge in [-0.2, -0.15) is 0 Å². The minimum atomic E-state index is 0.549. The van der Waals surface area contributed by atoms with Gasteiger partial charge in [-0.15, -0.1) is 11.3 Å². The molecule has 0 fully saturated rings. The lowest BCUT2D eigenvalue weighted by Gasteiger charge is -1.95. The molecule has 0 aliphatic rings. The number of aromatic nitrogens is 3. The number of aryl methyl sites for hydroxylation is 1. The number of thiazole rings is 1. The molecule has 2 heterocycles. The summed E-state index contributed by atoms with van der Waals surface area (Å²) in [4.78, 5) is 8.28. The molecule has 0 amide bonds. The van der Waals surface area contributed by atoms with Crippen molar-refractivity contribution in [3.63, 3.8) is 0 Å². The number of rotatable bonds is 2. The number of nitrogen functional groups attached to an aromatic ring is 1. The average Bonchev–Trinajstić information content (AvgIpc) is 2.62. The van der Waals surface area contributed by atoms with Crippen molar-refractivity contribution in [2.24, 2.45) is 0 Å². The van der Waals surface area contributed by atoms with Crippen LogP contribution in [0.4, 0.5) is 5.82 Å². The van der Waals surface area contributed by atoms with Crippen molar-refractivity contribution in [2.45, 2.75) is 13.5 Å². The van der Waals surface area contributed by atoms with Gasteiger partial charge in [-0.1, -0.05) is 0 Å². The average molecular weight is 194 g/mol. The highest BCUT2D eigenvalue weighted by Crippen LogP contribution is 2.10. The van der Waals surface area contributed by atoms with E-state index in [1.165, 1.54) is 0 Å². The molecule has 4 nitrogen and oxygen atoms in total. The minimum Gasteiger partial charge on any atom is -0.382 e. The zero-order valence-electron chi connectivity index (χ0n) is 7.27. The predicted molar refractivity (Wildman–Crippen MR) is 52.6 cm³/mol. The van der Waals surface area contributed by atoms with Crippen LogP contribution in [-0.4, -0.2) is 14.5 Å². The Bertz CT molecular complexity index is 365. The summed E-state index contributed by atoms with van der Waals surface area (Å²) in [6.45, 7) is 2.74. The van der Waals surface area contributed by atoms with E-state index >= 15 is 0 Å². The highest BCUT2D eigenvalue weighted by atomic mass is 32.1. The van der Waals surface area contributed by atoms with Crippen LogP contribution in [0.3, 0.4) is 0 Å². The maximum Gasteiger partial charge on any atom is 0.141 e. The van der Waals surface area contributed by atoms with Gasteiger partial charge in [0.15, 0.2) is 0 Å². The monoisotopic (exact) mass is 194 g/mol. The molecule has 0 unspecified atom stereocenters. The van der Waals surface area contributed by atoms with E-state index in [-0.39, 0.29) is 0 Å². The molecule has 68 valence electrons. The van der Waals surface area contributed by atoms with E-state index in [1.54, 1.807) is 23.9 Å². The summed E-state index contributed by atoms with van der Waals surface area (Å²) in [6, 6.07) is 0. The molecule has 0 atom stereocenters. The Morgan fingerprint density at radius 2 is 2.46 bits per heavy atom. The maximum atomic E-state index is 5.49. The van der Waals surface area contributed by atoms with Crippen molar-refractivity contribution >= 4 is 17.2 Å². The molecule has 2 rings (SSSR count). The zero-order valence-corrected chi connectivity index (χ0v) is 8.08. The van der Waals surface area contributed by atoms with Gasteiger partial charge < -0.3 is 10.3 Å². The summed E-state index contributed by atoms with van der Waals surface area (Å²) in [7, 11) is 0. The third kappa shape index (κ3) is 1.86. The number of anilines is 1. The fourth-order valence-electron chi connectivity index (χ4n) is 1.10. The summed E-state index contributed by atoms with van der Waals surface area (Å²) in [5.74, 6) is 0.549. The lowest BCUT2D eigenvalue weighted by atomic mass is 10.5. The first-order valence-corrected chi connectivity index (χ1v) is 4.80. The summed E-state index contributed by atoms with van der Waals surface area (Å²) in [5.41, 5.74) is 6.55. The molecule has 5 heteroatoms. The van der Waals surface area contributed by atoms with Crippen LogP contribution in [0.5, 0.6) is 0 Å². The van der Waals surface area contributed by atoms with Gasteiger partial charge in [-0.25, -0.2) is 9.97 Å². The highest BCUT2D eigenvalue weighted by molar-refractivity contribution is 7.09. The second-order valence-corrected chi connectivity index (χ2v) is 3.80. The molecule has 2 aromatic rings. The molecule has 0 aromatic carbocycles. The van der Waals surface area contributed by atoms with Gasteiger partial charge >= 0.3 is 0 Å². The van der Waals surface area contributed by atoms with E-state index in [2.05, 4.69) is 9.97 Å². The minimum absolute atomic E-state index is 0.549. The molecule has 0 saturated heterocycles. The van der Waals surface area contributed by atoms with Gasteiger partial charge in [0.05, 0.1) is 12.9 Å². The van der Waals surface area contributed by atoms with Crippen LogP contribution in [0.25, 0.3) is 0 Å². The number of imidazole rings is 1. The first-order chi connectivity index (χ1) is 6.24. The van der Waals surface area contributed by atoms with Gasteiger partial charge in [-0.3, -0.25) is 0 Å². The quantitative estimate of drug-likeness (QED) is 0.783. The normalized spacial score (nSPS) is 10.5. The van der Waals surface area contributed by atoms with E-state index in [0.717, 1.165) is 17.2 Å². The fraction of sp³-hybridized carbons (Fsp3) is 0.250. The van der Waals surface area contributed by atoms with Gasteiger partial charge in [0.25, 0.3) is 0 Å². The molecule has 0 radical (unpaired) electrons. The fourth-order valence-corrected chi connectivity index (χ4v) is 1.87. The first-order valence-electron chi connectivity index (χ1n) is 3.92. The molecule has 0 aliphatic heterocycles. The van der Waals surface area contributed by atoms with Crippen molar-refractivity contribution in [1.29, 1.82) is 0 Å². The second-order valence-electron chi connectivity index (χ2n) is 2.85. The van der Waals surface area contributed by atoms with Gasteiger partial charge in [0, 0.05) is 17.3 Å². The molecule has 0 aliphatic carbocycles. The largest absolute Gasteiger partial charge is 0.382 e. The summed E-state index contributed by atoms with van der Waals surface area (Å²) < 4.78 is 1.92. The Hall–Kier alpha value is -1.36. The van der Waals surface area contributed by atoms with Crippen LogP contribution in [-0.2, 0) is 6.54 Å². The lowest BCUT2D eigenvalue weighted by molar-refractivity contribution is 0.788. The van der Waals surface area contributed by atoms with Crippen LogP contribution in [0.15, 0.2) is 17.9 Å². The van der Waals surface area contributed by atoms with Gasteiger partial charge in [0.2, 0.25) is 0 Å². The molecule has 2 N–H and O–H groups in total. The topological polar surface area (TPSA) is 56.7 Å². The van der Waals surface area contributed by atoms with Crippen molar-refractivity contribution in [1.82, 2.24) is 14.5 Å². The molecule has 13 heavy (non-hydrogen) atoms. The standard InChI is InChI=1S/C8H10N4S/c1-6-4-13-8(11-6)3-12-2-7(9)10-5-12/h2,4-5H,3,9H2,1H3. The molecular weight excluding hydrogens is 184 g/mol. The molecule has 0 saturated carbocycles. The van der Waals surface area contributed by atoms with Crippen LogP contribution in [0.2, 0.25) is 0 Å². The van der Waals surface area contributed by atoms with Crippen molar-refractivity contribution in [3.05, 3.63) is 28.6 Å². The Labute approximate surface area is 80.1 Å². The Morgan fingerprint density at radius 3 is 3.00 bits per heavy atom. The number of hydrogen-bond acceptors (Lipinski definition) is 4. The van der Waals surface area contributed by atoms with Gasteiger partial charge in [0.1, 0.15) is 10.8 Å². The summed E-state index contributed by atoms with van der Waals surface area (Å²) >= 11 is 1.65. The third-order valence-corrected chi connectivity index (χ3v) is 2.59. The first kappa shape index (κ1) is 8.25. The molecular formula is C8H10N4S. The number of hydrogen-bond donors (Lipinski definition) is 1. The molecule has 0 bridgehead atoms. The van der Waals surface area contributed by atoms with Crippen molar-refractivity contribution in [2.75, 3.05) is 5.73 Å². The van der Waals surface area contributed by atoms with Gasteiger partial charge in [-0.05, 0) is 6.92 Å². The highest BCUT2D eigenvalue weighted by Gasteiger charge is 2.00. The number of nitrogens with zero attached hydrogens (tertiary/aromatic N) is 3. The third-order valence-electron chi connectivity index (χ3n) is 1.64. The Balaban J connectivity index is 2.14. The predicted octanol–water partition coefficient (Wildman–Crippen LogP) is 1.28. The van der Waals surface area contributed by atoms with E-state index in [1.807, 2.05) is 16.9 Å². The molecule has 2 aromatic heterocycles. The Kier molecular flexibility index (Phi) is 2.02. The van der Waals surface area contributed by atoms with E-state index in [4.69, 9.17) is 5.73 Å². The Morgan fingerprint density at radius 1 is 1.62 bits per heavy atom. The molecule has 0 spiro atoms. The smallest absolute Gasteiger partial charge is 0.141 e. The van der Waals surface area contributed by atoms with Crippen LogP contribution in [0.1, 0.15) is 10.7 Å². The summed E-state index contributed by atoms with van der Waals surface area (Å²) in [5, 5.41) is 3.12. The second kappa shape index (κ2) is 3.18. The van der Waals surface area contributed by atoms with Crippen LogP contribution >= 0.6 is 11.3 Å². The van der Waals surface area contributed by atoms with Crippen LogP contribution in [0, 0.1) is 6.92 Å². The van der Waals surface area contributed by atoms with E-state index in [0.29, 0.717) is 5.82 Å². The SMILES string of the molecule is Cc1csc(Cn2cnc(N)c2)n1. The van der Waals surface area contributed by atoms with E-state index in [9.17, 15) is 0 Å².